The Labute approximate surface area is 154 Å². The van der Waals surface area contributed by atoms with Gasteiger partial charge in [0.15, 0.2) is 11.5 Å². The number of nitrogens with one attached hydrogen (secondary N) is 1. The van der Waals surface area contributed by atoms with Crippen molar-refractivity contribution in [1.82, 2.24) is 5.32 Å². The molecule has 0 spiro atoms. The molecule has 1 atom stereocenters. The van der Waals surface area contributed by atoms with E-state index in [2.05, 4.69) is 32.2 Å². The predicted octanol–water partition coefficient (Wildman–Crippen LogP) is 3.32. The summed E-state index contributed by atoms with van der Waals surface area (Å²) >= 11 is 0. The van der Waals surface area contributed by atoms with E-state index in [-0.39, 0.29) is 17.9 Å². The highest BCUT2D eigenvalue weighted by molar-refractivity contribution is 5.81. The van der Waals surface area contributed by atoms with Crippen molar-refractivity contribution in [2.24, 2.45) is 0 Å². The Balaban J connectivity index is 1.48. The smallest absolute Gasteiger partial charge is 0.264 e. The molecule has 0 bridgehead atoms. The second-order valence-electron chi connectivity index (χ2n) is 7.25. The molecular weight excluding hydrogens is 330 g/mol. The van der Waals surface area contributed by atoms with Crippen LogP contribution in [0.4, 0.5) is 0 Å². The van der Waals surface area contributed by atoms with Crippen LogP contribution in [0.15, 0.2) is 48.5 Å². The SMILES string of the molecule is CC(C)(C)c1ccccc1OCCNC(=O)[C@H]1COc2ccccc2O1. The number of benzene rings is 2. The fourth-order valence-electron chi connectivity index (χ4n) is 2.81. The molecule has 2 aromatic rings. The highest BCUT2D eigenvalue weighted by atomic mass is 16.6. The molecule has 0 aliphatic carbocycles. The van der Waals surface area contributed by atoms with Crippen molar-refractivity contribution in [3.63, 3.8) is 0 Å². The van der Waals surface area contributed by atoms with Gasteiger partial charge in [-0.2, -0.15) is 0 Å². The lowest BCUT2D eigenvalue weighted by Gasteiger charge is -2.25. The maximum atomic E-state index is 12.3. The average Bonchev–Trinajstić information content (AvgIpc) is 2.64. The van der Waals surface area contributed by atoms with Gasteiger partial charge in [0.1, 0.15) is 19.0 Å². The van der Waals surface area contributed by atoms with E-state index in [0.717, 1.165) is 11.3 Å². The minimum Gasteiger partial charge on any atom is -0.491 e. The topological polar surface area (TPSA) is 56.8 Å². The van der Waals surface area contributed by atoms with Crippen LogP contribution in [0.3, 0.4) is 0 Å². The van der Waals surface area contributed by atoms with Crippen molar-refractivity contribution in [2.75, 3.05) is 19.8 Å². The highest BCUT2D eigenvalue weighted by Crippen LogP contribution is 2.31. The Bertz CT molecular complexity index is 767. The fourth-order valence-corrected chi connectivity index (χ4v) is 2.81. The van der Waals surface area contributed by atoms with Gasteiger partial charge in [-0.05, 0) is 29.2 Å². The number of fused-ring (bicyclic) bond motifs is 1. The van der Waals surface area contributed by atoms with Crippen molar-refractivity contribution in [3.8, 4) is 17.2 Å². The van der Waals surface area contributed by atoms with E-state index in [1.807, 2.05) is 36.4 Å². The average molecular weight is 355 g/mol. The van der Waals surface area contributed by atoms with Gasteiger partial charge in [0, 0.05) is 0 Å². The number of ether oxygens (including phenoxy) is 3. The second-order valence-corrected chi connectivity index (χ2v) is 7.25. The first-order chi connectivity index (χ1) is 12.4. The van der Waals surface area contributed by atoms with E-state index in [9.17, 15) is 4.79 Å². The molecule has 5 nitrogen and oxygen atoms in total. The summed E-state index contributed by atoms with van der Waals surface area (Å²) in [6, 6.07) is 15.3. The molecule has 0 saturated heterocycles. The monoisotopic (exact) mass is 355 g/mol. The highest BCUT2D eigenvalue weighted by Gasteiger charge is 2.27. The molecule has 1 heterocycles. The molecule has 1 amide bonds. The van der Waals surface area contributed by atoms with Gasteiger partial charge in [-0.25, -0.2) is 0 Å². The van der Waals surface area contributed by atoms with Gasteiger partial charge in [-0.15, -0.1) is 0 Å². The molecule has 0 saturated carbocycles. The molecule has 1 aliphatic rings. The normalized spacial score (nSPS) is 16.0. The van der Waals surface area contributed by atoms with E-state index in [1.165, 1.54) is 0 Å². The molecule has 5 heteroatoms. The minimum absolute atomic E-state index is 0.000504. The van der Waals surface area contributed by atoms with Crippen LogP contribution in [0.1, 0.15) is 26.3 Å². The van der Waals surface area contributed by atoms with Gasteiger partial charge in [0.25, 0.3) is 5.91 Å². The van der Waals surface area contributed by atoms with Gasteiger partial charge < -0.3 is 19.5 Å². The first-order valence-corrected chi connectivity index (χ1v) is 8.83. The summed E-state index contributed by atoms with van der Waals surface area (Å²) in [5.41, 5.74) is 1.15. The van der Waals surface area contributed by atoms with Gasteiger partial charge in [0.05, 0.1) is 6.54 Å². The molecule has 0 aromatic heterocycles. The van der Waals surface area contributed by atoms with Crippen LogP contribution in [0.25, 0.3) is 0 Å². The number of para-hydroxylation sites is 3. The Morgan fingerprint density at radius 2 is 1.81 bits per heavy atom. The lowest BCUT2D eigenvalue weighted by atomic mass is 9.86. The maximum absolute atomic E-state index is 12.3. The summed E-state index contributed by atoms with van der Waals surface area (Å²) in [7, 11) is 0. The van der Waals surface area contributed by atoms with Crippen molar-refractivity contribution in [3.05, 3.63) is 54.1 Å². The van der Waals surface area contributed by atoms with E-state index in [0.29, 0.717) is 24.7 Å². The van der Waals surface area contributed by atoms with Crippen LogP contribution in [-0.4, -0.2) is 31.8 Å². The molecule has 3 rings (SSSR count). The third-order valence-electron chi connectivity index (χ3n) is 4.15. The maximum Gasteiger partial charge on any atom is 0.264 e. The van der Waals surface area contributed by atoms with E-state index in [1.54, 1.807) is 6.07 Å². The molecule has 0 fully saturated rings. The van der Waals surface area contributed by atoms with Crippen LogP contribution in [0, 0.1) is 0 Å². The molecule has 1 N–H and O–H groups in total. The second kappa shape index (κ2) is 7.68. The zero-order valence-electron chi connectivity index (χ0n) is 15.5. The van der Waals surface area contributed by atoms with Crippen LogP contribution < -0.4 is 19.5 Å². The summed E-state index contributed by atoms with van der Waals surface area (Å²) in [6.07, 6.45) is -0.647. The predicted molar refractivity (Wildman–Crippen MR) is 100.0 cm³/mol. The van der Waals surface area contributed by atoms with Crippen molar-refractivity contribution < 1.29 is 19.0 Å². The fraction of sp³-hybridized carbons (Fsp3) is 0.381. The zero-order valence-corrected chi connectivity index (χ0v) is 15.5. The van der Waals surface area contributed by atoms with Crippen LogP contribution in [0.5, 0.6) is 17.2 Å². The quantitative estimate of drug-likeness (QED) is 0.836. The Morgan fingerprint density at radius 1 is 1.12 bits per heavy atom. The zero-order chi connectivity index (χ0) is 18.6. The van der Waals surface area contributed by atoms with Crippen molar-refractivity contribution in [1.29, 1.82) is 0 Å². The van der Waals surface area contributed by atoms with E-state index in [4.69, 9.17) is 14.2 Å². The Morgan fingerprint density at radius 3 is 2.58 bits per heavy atom. The Kier molecular flexibility index (Phi) is 5.35. The first kappa shape index (κ1) is 18.1. The molecule has 1 aliphatic heterocycles. The molecule has 0 radical (unpaired) electrons. The summed E-state index contributed by atoms with van der Waals surface area (Å²) in [5, 5.41) is 2.84. The summed E-state index contributed by atoms with van der Waals surface area (Å²) in [6.45, 7) is 7.44. The van der Waals surface area contributed by atoms with E-state index >= 15 is 0 Å². The van der Waals surface area contributed by atoms with Gasteiger partial charge in [0.2, 0.25) is 6.10 Å². The number of hydrogen-bond acceptors (Lipinski definition) is 4. The third kappa shape index (κ3) is 4.28. The summed E-state index contributed by atoms with van der Waals surface area (Å²) in [5.74, 6) is 1.90. The van der Waals surface area contributed by atoms with Gasteiger partial charge >= 0.3 is 0 Å². The number of amides is 1. The van der Waals surface area contributed by atoms with Crippen molar-refractivity contribution in [2.45, 2.75) is 32.3 Å². The molecular formula is C21H25NO4. The largest absolute Gasteiger partial charge is 0.491 e. The van der Waals surface area contributed by atoms with Crippen LogP contribution in [0.2, 0.25) is 0 Å². The summed E-state index contributed by atoms with van der Waals surface area (Å²) in [4.78, 5) is 12.3. The van der Waals surface area contributed by atoms with Crippen LogP contribution in [-0.2, 0) is 10.2 Å². The number of carbonyl (C=O) groups is 1. The van der Waals surface area contributed by atoms with E-state index < -0.39 is 6.10 Å². The first-order valence-electron chi connectivity index (χ1n) is 8.83. The summed E-state index contributed by atoms with van der Waals surface area (Å²) < 4.78 is 17.1. The van der Waals surface area contributed by atoms with Crippen molar-refractivity contribution >= 4 is 5.91 Å². The Hall–Kier alpha value is -2.69. The molecule has 26 heavy (non-hydrogen) atoms. The number of hydrogen-bond donors (Lipinski definition) is 1. The van der Waals surface area contributed by atoms with Gasteiger partial charge in [-0.3, -0.25) is 4.79 Å². The molecule has 138 valence electrons. The molecule has 2 aromatic carbocycles. The third-order valence-corrected chi connectivity index (χ3v) is 4.15. The minimum atomic E-state index is -0.647. The van der Waals surface area contributed by atoms with Crippen LogP contribution >= 0.6 is 0 Å². The molecule has 0 unspecified atom stereocenters. The number of rotatable bonds is 5. The lowest BCUT2D eigenvalue weighted by Crippen LogP contribution is -2.45. The van der Waals surface area contributed by atoms with Gasteiger partial charge in [-0.1, -0.05) is 51.1 Å². The number of carbonyl (C=O) groups excluding carboxylic acids is 1. The lowest BCUT2D eigenvalue weighted by molar-refractivity contribution is -0.130. The standard InChI is InChI=1S/C21H25NO4/c1-21(2,3)15-8-4-5-9-16(15)24-13-12-22-20(23)19-14-25-17-10-6-7-11-18(17)26-19/h4-11,19H,12-14H2,1-3H3,(H,22,23)/t19-/m1/s1.